The van der Waals surface area contributed by atoms with E-state index in [9.17, 15) is 24.3 Å². The molecule has 200 valence electrons. The average Bonchev–Trinajstić information content (AvgIpc) is 3.21. The minimum atomic E-state index is -1.39. The minimum absolute atomic E-state index is 0.0126. The number of nitrogens with two attached hydrogens (primary N) is 2. The summed E-state index contributed by atoms with van der Waals surface area (Å²) in [5, 5.41) is 24.5. The number of thioether (sulfide) groups is 1. The number of aromatic hydroxyl groups is 1. The molecular weight excluding hydrogens is 562 g/mol. The molecule has 0 aliphatic carbocycles. The summed E-state index contributed by atoms with van der Waals surface area (Å²) in [6, 6.07) is 0.492. The van der Waals surface area contributed by atoms with Gasteiger partial charge in [0.25, 0.3) is 11.8 Å². The third-order valence-corrected chi connectivity index (χ3v) is 8.01. The number of aliphatic carboxylic acids is 1. The zero-order chi connectivity index (χ0) is 27.7. The van der Waals surface area contributed by atoms with Gasteiger partial charge in [0.05, 0.1) is 11.4 Å². The van der Waals surface area contributed by atoms with Crippen LogP contribution in [-0.2, 0) is 30.6 Å². The fourth-order valence-electron chi connectivity index (χ4n) is 3.62. The maximum absolute atomic E-state index is 13.1. The first-order chi connectivity index (χ1) is 18.0. The van der Waals surface area contributed by atoms with Gasteiger partial charge in [0.2, 0.25) is 18.1 Å². The third kappa shape index (κ3) is 5.23. The Morgan fingerprint density at radius 1 is 1.47 bits per heavy atom. The van der Waals surface area contributed by atoms with E-state index in [4.69, 9.17) is 33.0 Å². The van der Waals surface area contributed by atoms with Gasteiger partial charge >= 0.3 is 5.97 Å². The number of carbonyl (C=O) groups is 4. The highest BCUT2D eigenvalue weighted by atomic mass is 35.5. The van der Waals surface area contributed by atoms with Crippen LogP contribution in [0.1, 0.15) is 12.6 Å². The van der Waals surface area contributed by atoms with Crippen LogP contribution < -0.4 is 21.4 Å². The summed E-state index contributed by atoms with van der Waals surface area (Å²) in [6.45, 7) is 1.43. The maximum Gasteiger partial charge on any atom is 0.347 e. The van der Waals surface area contributed by atoms with Gasteiger partial charge in [-0.15, -0.1) is 11.8 Å². The standard InChI is InChI=1S/C21H20ClN7O7S2/c1-8(20(34)35)36-27-14(13-16(22)38-21(24)26-13)17(32)25-15-18(33)29-11(6-30)9(7-37-19(15)29)4-28-3-2-10(23)12(31)5-28/h2-3,5-6,8,15,19,23H,4,7H2,1H3,(H5,24,25,26,31,32,34,35)/p+1/b27-14-/t8-,15?,19?/m0/s1. The lowest BCUT2D eigenvalue weighted by molar-refractivity contribution is -0.689. The second-order valence-electron chi connectivity index (χ2n) is 8.13. The monoisotopic (exact) mass is 582 g/mol. The predicted molar refractivity (Wildman–Crippen MR) is 137 cm³/mol. The van der Waals surface area contributed by atoms with Crippen LogP contribution in [0.3, 0.4) is 0 Å². The molecular formula is C21H21ClN7O7S2+. The van der Waals surface area contributed by atoms with Crippen molar-refractivity contribution in [2.24, 2.45) is 5.16 Å². The summed E-state index contributed by atoms with van der Waals surface area (Å²) < 4.78 is 1.64. The first kappa shape index (κ1) is 27.2. The number of carboxylic acid groups (broad SMARTS) is 1. The van der Waals surface area contributed by atoms with Crippen molar-refractivity contribution in [3.63, 3.8) is 0 Å². The van der Waals surface area contributed by atoms with Crippen LogP contribution in [0.15, 0.2) is 34.9 Å². The maximum atomic E-state index is 13.1. The van der Waals surface area contributed by atoms with Crippen molar-refractivity contribution in [1.29, 1.82) is 0 Å². The first-order valence-corrected chi connectivity index (χ1v) is 13.0. The van der Waals surface area contributed by atoms with Crippen LogP contribution >= 0.6 is 34.7 Å². The Morgan fingerprint density at radius 3 is 2.82 bits per heavy atom. The lowest BCUT2D eigenvalue weighted by Crippen LogP contribution is -2.70. The predicted octanol–water partition coefficient (Wildman–Crippen LogP) is -0.299. The number of oxime groups is 1. The van der Waals surface area contributed by atoms with Gasteiger partial charge in [0, 0.05) is 17.4 Å². The molecule has 17 heteroatoms. The van der Waals surface area contributed by atoms with Crippen LogP contribution in [0.5, 0.6) is 5.75 Å². The number of halogens is 1. The van der Waals surface area contributed by atoms with E-state index in [-0.39, 0.29) is 38.8 Å². The highest BCUT2D eigenvalue weighted by Crippen LogP contribution is 2.39. The van der Waals surface area contributed by atoms with Crippen LogP contribution in [0.25, 0.3) is 0 Å². The number of hydrogen-bond acceptors (Lipinski definition) is 12. The number of rotatable bonds is 9. The Bertz CT molecular complexity index is 1400. The Labute approximate surface area is 227 Å². The van der Waals surface area contributed by atoms with E-state index in [1.165, 1.54) is 35.8 Å². The number of aldehydes is 1. The molecule has 1 saturated heterocycles. The normalized spacial score (nSPS) is 19.9. The number of β-lactam (4-membered cyclic amide) rings is 1. The van der Waals surface area contributed by atoms with Gasteiger partial charge in [0.15, 0.2) is 29.9 Å². The van der Waals surface area contributed by atoms with E-state index in [0.717, 1.165) is 11.3 Å². The highest BCUT2D eigenvalue weighted by Gasteiger charge is 2.53. The largest absolute Gasteiger partial charge is 0.501 e. The molecule has 2 amide bonds. The van der Waals surface area contributed by atoms with Gasteiger partial charge in [-0.05, 0) is 6.92 Å². The number of thiazole rings is 1. The van der Waals surface area contributed by atoms with E-state index in [0.29, 0.717) is 17.6 Å². The molecule has 2 aliphatic rings. The van der Waals surface area contributed by atoms with Crippen molar-refractivity contribution in [3.05, 3.63) is 39.8 Å². The second kappa shape index (κ2) is 10.8. The highest BCUT2D eigenvalue weighted by molar-refractivity contribution is 8.00. The molecule has 0 saturated carbocycles. The fourth-order valence-corrected chi connectivity index (χ4v) is 5.90. The molecule has 14 nitrogen and oxygen atoms in total. The number of nitrogen functional groups attached to an aromatic ring is 2. The van der Waals surface area contributed by atoms with Crippen molar-refractivity contribution in [1.82, 2.24) is 15.2 Å². The van der Waals surface area contributed by atoms with Gasteiger partial charge in [-0.1, -0.05) is 28.1 Å². The first-order valence-electron chi connectivity index (χ1n) is 10.8. The molecule has 2 aromatic heterocycles. The molecule has 0 bridgehead atoms. The fraction of sp³-hybridized carbons (Fsp3) is 0.286. The van der Waals surface area contributed by atoms with Crippen molar-refractivity contribution < 1.29 is 38.8 Å². The van der Waals surface area contributed by atoms with E-state index < -0.39 is 41.0 Å². The lowest BCUT2D eigenvalue weighted by Gasteiger charge is -2.49. The summed E-state index contributed by atoms with van der Waals surface area (Å²) in [4.78, 5) is 59.3. The molecule has 2 aromatic rings. The number of allylic oxidation sites excluding steroid dienone is 1. The smallest absolute Gasteiger partial charge is 0.347 e. The Kier molecular flexibility index (Phi) is 7.75. The van der Waals surface area contributed by atoms with Gasteiger partial charge in [0.1, 0.15) is 21.4 Å². The number of amides is 2. The SMILES string of the molecule is C[C@H](O/N=C(\C(=O)NC1C(=O)N2C(C=O)=C(C[n+]3ccc(N)c(O)c3)CSC12)c1nc(N)sc1Cl)C(=O)O. The molecule has 2 aliphatic heterocycles. The van der Waals surface area contributed by atoms with Crippen LogP contribution in [-0.4, -0.2) is 73.2 Å². The summed E-state index contributed by atoms with van der Waals surface area (Å²) in [6.07, 6.45) is 2.23. The summed E-state index contributed by atoms with van der Waals surface area (Å²) >= 11 is 8.31. The Balaban J connectivity index is 1.54. The molecule has 1 fully saturated rings. The Morgan fingerprint density at radius 2 is 2.21 bits per heavy atom. The summed E-state index contributed by atoms with van der Waals surface area (Å²) in [7, 11) is 0. The molecule has 38 heavy (non-hydrogen) atoms. The number of carboxylic acids is 1. The summed E-state index contributed by atoms with van der Waals surface area (Å²) in [5.41, 5.74) is 11.7. The van der Waals surface area contributed by atoms with E-state index in [2.05, 4.69) is 15.5 Å². The number of nitrogens with zero attached hydrogens (tertiary/aromatic N) is 4. The van der Waals surface area contributed by atoms with Crippen molar-refractivity contribution in [2.45, 2.75) is 31.0 Å². The molecule has 0 aromatic carbocycles. The minimum Gasteiger partial charge on any atom is -0.501 e. The van der Waals surface area contributed by atoms with Crippen molar-refractivity contribution in [2.75, 3.05) is 17.2 Å². The number of fused-ring (bicyclic) bond motifs is 1. The number of nitrogens with one attached hydrogen (secondary N) is 1. The topological polar surface area (TPSA) is 214 Å². The number of pyridine rings is 1. The molecule has 0 radical (unpaired) electrons. The zero-order valence-corrected chi connectivity index (χ0v) is 21.9. The van der Waals surface area contributed by atoms with Gasteiger partial charge in [-0.2, -0.15) is 4.57 Å². The molecule has 7 N–H and O–H groups in total. The molecule has 4 rings (SSSR count). The average molecular weight is 583 g/mol. The molecule has 4 heterocycles. The second-order valence-corrected chi connectivity index (χ2v) is 10.9. The van der Waals surface area contributed by atoms with Crippen LogP contribution in [0, 0.1) is 0 Å². The molecule has 0 spiro atoms. The third-order valence-electron chi connectivity index (χ3n) is 5.59. The quantitative estimate of drug-likeness (QED) is 0.0850. The Hall–Kier alpha value is -3.89. The number of hydrogen-bond donors (Lipinski definition) is 5. The van der Waals surface area contributed by atoms with Crippen molar-refractivity contribution in [3.8, 4) is 5.75 Å². The molecule has 2 unspecified atom stereocenters. The van der Waals surface area contributed by atoms with Gasteiger partial charge in [-0.3, -0.25) is 19.3 Å². The number of anilines is 2. The van der Waals surface area contributed by atoms with Crippen LogP contribution in [0.2, 0.25) is 4.34 Å². The van der Waals surface area contributed by atoms with E-state index in [1.54, 1.807) is 10.8 Å². The lowest BCUT2D eigenvalue weighted by atomic mass is 10.0. The van der Waals surface area contributed by atoms with E-state index >= 15 is 0 Å². The number of carbonyl (C=O) groups excluding carboxylic acids is 3. The van der Waals surface area contributed by atoms with Gasteiger partial charge < -0.3 is 31.8 Å². The van der Waals surface area contributed by atoms with Crippen molar-refractivity contribution >= 4 is 75.3 Å². The zero-order valence-electron chi connectivity index (χ0n) is 19.5. The van der Waals surface area contributed by atoms with E-state index in [1.807, 2.05) is 0 Å². The molecule has 3 atom stereocenters. The number of aromatic nitrogens is 2. The summed E-state index contributed by atoms with van der Waals surface area (Å²) in [5.74, 6) is -2.52. The van der Waals surface area contributed by atoms with Crippen LogP contribution in [0.4, 0.5) is 10.8 Å². The van der Waals surface area contributed by atoms with Gasteiger partial charge in [-0.25, -0.2) is 9.78 Å².